The Bertz CT molecular complexity index is 976. The number of nitrogens with one attached hydrogen (secondary N) is 3. The summed E-state index contributed by atoms with van der Waals surface area (Å²) in [4.78, 5) is 6.71. The van der Waals surface area contributed by atoms with Crippen LogP contribution in [0.25, 0.3) is 10.9 Å². The monoisotopic (exact) mass is 474 g/mol. The van der Waals surface area contributed by atoms with Crippen molar-refractivity contribution in [1.29, 1.82) is 0 Å². The minimum absolute atomic E-state index is 0.313. The van der Waals surface area contributed by atoms with E-state index < -0.39 is 6.10 Å². The largest absolute Gasteiger partial charge is 0.491 e. The number of aromatic nitrogens is 1. The van der Waals surface area contributed by atoms with E-state index >= 15 is 0 Å². The molecular formula is C24H31ClN4O2S. The minimum atomic E-state index is -0.475. The zero-order valence-electron chi connectivity index (χ0n) is 18.1. The normalized spacial score (nSPS) is 15.8. The maximum atomic E-state index is 10.2. The Labute approximate surface area is 198 Å². The number of benzene rings is 2. The predicted molar refractivity (Wildman–Crippen MR) is 133 cm³/mol. The number of halogens is 1. The van der Waals surface area contributed by atoms with E-state index in [1.54, 1.807) is 11.9 Å². The molecule has 0 radical (unpaired) electrons. The average molecular weight is 475 g/mol. The number of aromatic amines is 1. The zero-order valence-corrected chi connectivity index (χ0v) is 19.7. The van der Waals surface area contributed by atoms with Crippen LogP contribution in [0.2, 0.25) is 5.02 Å². The highest BCUT2D eigenvalue weighted by Gasteiger charge is 2.14. The molecule has 8 heteroatoms. The molecule has 2 heterocycles. The van der Waals surface area contributed by atoms with Gasteiger partial charge in [-0.15, -0.1) is 0 Å². The van der Waals surface area contributed by atoms with E-state index in [0.29, 0.717) is 13.2 Å². The SMILES string of the molecule is OC(COc1ccc(SNCCCc2c[nH]c3ccc(Cl)cc23)cc1)CN1CCNCC1. The highest BCUT2D eigenvalue weighted by Crippen LogP contribution is 2.24. The van der Waals surface area contributed by atoms with Gasteiger partial charge in [0.15, 0.2) is 0 Å². The van der Waals surface area contributed by atoms with E-state index in [0.717, 1.165) is 66.7 Å². The molecule has 1 aromatic heterocycles. The van der Waals surface area contributed by atoms with Crippen LogP contribution >= 0.6 is 23.5 Å². The molecule has 0 spiro atoms. The molecule has 0 saturated carbocycles. The third kappa shape index (κ3) is 6.88. The summed E-state index contributed by atoms with van der Waals surface area (Å²) in [6, 6.07) is 14.0. The molecule has 1 aliphatic heterocycles. The van der Waals surface area contributed by atoms with Crippen LogP contribution in [0.4, 0.5) is 0 Å². The van der Waals surface area contributed by atoms with Gasteiger partial charge in [0, 0.05) is 66.3 Å². The molecule has 1 fully saturated rings. The molecule has 1 saturated heterocycles. The Morgan fingerprint density at radius 1 is 1.16 bits per heavy atom. The van der Waals surface area contributed by atoms with E-state index in [2.05, 4.69) is 26.1 Å². The second-order valence-electron chi connectivity index (χ2n) is 8.09. The number of hydrogen-bond acceptors (Lipinski definition) is 6. The Balaban J connectivity index is 1.13. The van der Waals surface area contributed by atoms with Crippen LogP contribution in [0.1, 0.15) is 12.0 Å². The van der Waals surface area contributed by atoms with Crippen molar-refractivity contribution in [2.24, 2.45) is 0 Å². The van der Waals surface area contributed by atoms with Gasteiger partial charge in [0.2, 0.25) is 0 Å². The number of aliphatic hydroxyl groups excluding tert-OH is 1. The molecule has 0 bridgehead atoms. The Kier molecular flexibility index (Phi) is 8.73. The topological polar surface area (TPSA) is 72.5 Å². The van der Waals surface area contributed by atoms with Gasteiger partial charge in [-0.05, 0) is 72.8 Å². The second-order valence-corrected chi connectivity index (χ2v) is 9.49. The van der Waals surface area contributed by atoms with Gasteiger partial charge >= 0.3 is 0 Å². The maximum Gasteiger partial charge on any atom is 0.119 e. The summed E-state index contributed by atoms with van der Waals surface area (Å²) in [5.41, 5.74) is 2.43. The van der Waals surface area contributed by atoms with Crippen molar-refractivity contribution in [3.05, 3.63) is 59.2 Å². The standard InChI is InChI=1S/C24H31ClN4O2S/c25-19-3-8-24-23(14-19)18(15-27-24)2-1-9-28-32-22-6-4-21(5-7-22)31-17-20(30)16-29-12-10-26-11-13-29/h3-8,14-15,20,26-28,30H,1-2,9-13,16-17H2. The van der Waals surface area contributed by atoms with Crippen molar-refractivity contribution in [3.8, 4) is 5.75 Å². The van der Waals surface area contributed by atoms with E-state index in [-0.39, 0.29) is 0 Å². The van der Waals surface area contributed by atoms with Crippen molar-refractivity contribution in [2.45, 2.75) is 23.8 Å². The number of H-pyrrole nitrogens is 1. The molecule has 1 atom stereocenters. The third-order valence-corrected chi connectivity index (χ3v) is 6.68. The molecule has 4 rings (SSSR count). The lowest BCUT2D eigenvalue weighted by molar-refractivity contribution is 0.0641. The first-order valence-corrected chi connectivity index (χ1v) is 12.4. The number of hydrogen-bond donors (Lipinski definition) is 4. The number of piperazine rings is 1. The molecule has 3 aromatic rings. The summed E-state index contributed by atoms with van der Waals surface area (Å²) in [5, 5.41) is 15.5. The maximum absolute atomic E-state index is 10.2. The summed E-state index contributed by atoms with van der Waals surface area (Å²) < 4.78 is 9.19. The van der Waals surface area contributed by atoms with Crippen molar-refractivity contribution in [3.63, 3.8) is 0 Å². The number of nitrogens with zero attached hydrogens (tertiary/aromatic N) is 1. The third-order valence-electron chi connectivity index (χ3n) is 5.59. The fourth-order valence-electron chi connectivity index (χ4n) is 3.88. The van der Waals surface area contributed by atoms with Crippen LogP contribution < -0.4 is 14.8 Å². The smallest absolute Gasteiger partial charge is 0.119 e. The number of aliphatic hydroxyl groups is 1. The zero-order chi connectivity index (χ0) is 22.2. The van der Waals surface area contributed by atoms with Gasteiger partial charge in [-0.2, -0.15) is 0 Å². The Morgan fingerprint density at radius 2 is 1.97 bits per heavy atom. The van der Waals surface area contributed by atoms with Gasteiger partial charge in [-0.25, -0.2) is 0 Å². The first-order valence-electron chi connectivity index (χ1n) is 11.2. The summed E-state index contributed by atoms with van der Waals surface area (Å²) in [5.74, 6) is 0.784. The first-order chi connectivity index (χ1) is 15.7. The van der Waals surface area contributed by atoms with Crippen LogP contribution in [0.15, 0.2) is 53.6 Å². The van der Waals surface area contributed by atoms with Gasteiger partial charge in [0.25, 0.3) is 0 Å². The van der Waals surface area contributed by atoms with Crippen LogP contribution in [0.3, 0.4) is 0 Å². The van der Waals surface area contributed by atoms with E-state index in [4.69, 9.17) is 16.3 Å². The summed E-state index contributed by atoms with van der Waals surface area (Å²) in [7, 11) is 0. The van der Waals surface area contributed by atoms with Crippen molar-refractivity contribution >= 4 is 34.5 Å². The Morgan fingerprint density at radius 3 is 2.78 bits per heavy atom. The van der Waals surface area contributed by atoms with Crippen molar-refractivity contribution in [2.75, 3.05) is 45.9 Å². The minimum Gasteiger partial charge on any atom is -0.491 e. The molecule has 0 aliphatic carbocycles. The van der Waals surface area contributed by atoms with E-state index in [9.17, 15) is 5.11 Å². The number of rotatable bonds is 11. The predicted octanol–water partition coefficient (Wildman–Crippen LogP) is 3.70. The molecule has 6 nitrogen and oxygen atoms in total. The van der Waals surface area contributed by atoms with Crippen molar-refractivity contribution < 1.29 is 9.84 Å². The lowest BCUT2D eigenvalue weighted by Gasteiger charge is -2.29. The van der Waals surface area contributed by atoms with Gasteiger partial charge in [0.05, 0.1) is 0 Å². The highest BCUT2D eigenvalue weighted by molar-refractivity contribution is 7.97. The first kappa shape index (κ1) is 23.4. The second kappa shape index (κ2) is 11.9. The number of aryl methyl sites for hydroxylation is 1. The summed E-state index contributed by atoms with van der Waals surface area (Å²) in [6.07, 6.45) is 3.64. The van der Waals surface area contributed by atoms with E-state index in [1.165, 1.54) is 10.9 Å². The molecule has 1 unspecified atom stereocenters. The van der Waals surface area contributed by atoms with Crippen LogP contribution in [-0.4, -0.2) is 67.0 Å². The average Bonchev–Trinajstić information content (AvgIpc) is 3.21. The van der Waals surface area contributed by atoms with Crippen molar-refractivity contribution in [1.82, 2.24) is 19.9 Å². The van der Waals surface area contributed by atoms with Crippen LogP contribution in [0.5, 0.6) is 5.75 Å². The highest BCUT2D eigenvalue weighted by atomic mass is 35.5. The fourth-order valence-corrected chi connectivity index (χ4v) is 4.74. The molecule has 4 N–H and O–H groups in total. The Hall–Kier alpha value is -1.74. The van der Waals surface area contributed by atoms with Crippen LogP contribution in [0, 0.1) is 0 Å². The van der Waals surface area contributed by atoms with Crippen LogP contribution in [-0.2, 0) is 6.42 Å². The number of β-amino-alcohol motifs (C(OH)–C–C–N with tert-alkyl or cyclic N) is 1. The molecule has 0 amide bonds. The lowest BCUT2D eigenvalue weighted by atomic mass is 10.1. The summed E-state index contributed by atoms with van der Waals surface area (Å²) >= 11 is 7.75. The molecule has 172 valence electrons. The summed E-state index contributed by atoms with van der Waals surface area (Å²) in [6.45, 7) is 5.81. The number of fused-ring (bicyclic) bond motifs is 1. The lowest BCUT2D eigenvalue weighted by Crippen LogP contribution is -2.47. The fraction of sp³-hybridized carbons (Fsp3) is 0.417. The van der Waals surface area contributed by atoms with E-state index in [1.807, 2.05) is 42.5 Å². The molecule has 1 aliphatic rings. The van der Waals surface area contributed by atoms with Gasteiger partial charge in [-0.1, -0.05) is 11.6 Å². The quantitative estimate of drug-likeness (QED) is 0.251. The molecule has 32 heavy (non-hydrogen) atoms. The van der Waals surface area contributed by atoms with Gasteiger partial charge < -0.3 is 20.1 Å². The molecule has 2 aromatic carbocycles. The number of ether oxygens (including phenoxy) is 1. The molecular weight excluding hydrogens is 444 g/mol. The van der Waals surface area contributed by atoms with Gasteiger partial charge in [-0.3, -0.25) is 9.62 Å². The van der Waals surface area contributed by atoms with Gasteiger partial charge in [0.1, 0.15) is 18.5 Å².